The Balaban J connectivity index is 2.07. The number of amides is 1. The second-order valence-corrected chi connectivity index (χ2v) is 5.79. The Bertz CT molecular complexity index is 501. The Hall–Kier alpha value is -1.17. The first kappa shape index (κ1) is 15.2. The minimum Gasteiger partial charge on any atom is -0.324 e. The van der Waals surface area contributed by atoms with Crippen LogP contribution in [-0.2, 0) is 4.79 Å². The van der Waals surface area contributed by atoms with Crippen LogP contribution in [0.4, 0.5) is 10.1 Å². The summed E-state index contributed by atoms with van der Waals surface area (Å²) in [6.45, 7) is 7.11. The van der Waals surface area contributed by atoms with Crippen LogP contribution in [-0.4, -0.2) is 42.5 Å². The number of piperazine rings is 1. The molecular formula is C14H19ClFN3O. The molecule has 1 fully saturated rings. The Morgan fingerprint density at radius 2 is 2.05 bits per heavy atom. The van der Waals surface area contributed by atoms with Crippen molar-refractivity contribution in [1.82, 2.24) is 10.2 Å². The smallest absolute Gasteiger partial charge is 0.244 e. The van der Waals surface area contributed by atoms with Gasteiger partial charge in [-0.3, -0.25) is 9.69 Å². The molecule has 0 saturated carbocycles. The fourth-order valence-corrected chi connectivity index (χ4v) is 2.34. The molecule has 0 unspecified atom stereocenters. The zero-order chi connectivity index (χ0) is 14.8. The second kappa shape index (κ2) is 6.08. The summed E-state index contributed by atoms with van der Waals surface area (Å²) >= 11 is 5.63. The largest absolute Gasteiger partial charge is 0.324 e. The highest BCUT2D eigenvalue weighted by atomic mass is 35.5. The molecule has 1 aliphatic rings. The molecule has 1 aliphatic heterocycles. The number of hydrogen-bond donors (Lipinski definition) is 2. The van der Waals surface area contributed by atoms with Crippen molar-refractivity contribution in [3.63, 3.8) is 0 Å². The molecule has 4 nitrogen and oxygen atoms in total. The van der Waals surface area contributed by atoms with E-state index in [2.05, 4.69) is 15.5 Å². The highest BCUT2D eigenvalue weighted by Crippen LogP contribution is 2.21. The number of hydrogen-bond acceptors (Lipinski definition) is 3. The van der Waals surface area contributed by atoms with Gasteiger partial charge in [0.15, 0.2) is 0 Å². The van der Waals surface area contributed by atoms with Crippen LogP contribution in [0, 0.1) is 5.82 Å². The van der Waals surface area contributed by atoms with E-state index in [1.165, 1.54) is 12.1 Å². The van der Waals surface area contributed by atoms with E-state index >= 15 is 0 Å². The molecule has 1 heterocycles. The van der Waals surface area contributed by atoms with E-state index < -0.39 is 11.4 Å². The molecule has 0 aromatic heterocycles. The predicted molar refractivity (Wildman–Crippen MR) is 78.6 cm³/mol. The van der Waals surface area contributed by atoms with Crippen molar-refractivity contribution < 1.29 is 9.18 Å². The third-order valence-corrected chi connectivity index (χ3v) is 3.95. The summed E-state index contributed by atoms with van der Waals surface area (Å²) in [5.74, 6) is -0.689. The van der Waals surface area contributed by atoms with E-state index in [1.807, 2.05) is 13.8 Å². The van der Waals surface area contributed by atoms with Gasteiger partial charge in [-0.1, -0.05) is 11.6 Å². The Labute approximate surface area is 123 Å². The summed E-state index contributed by atoms with van der Waals surface area (Å²) in [7, 11) is 0. The molecule has 2 rings (SSSR count). The molecule has 0 atom stereocenters. The van der Waals surface area contributed by atoms with Gasteiger partial charge in [-0.25, -0.2) is 4.39 Å². The molecule has 20 heavy (non-hydrogen) atoms. The molecule has 6 heteroatoms. The summed E-state index contributed by atoms with van der Waals surface area (Å²) in [4.78, 5) is 14.5. The maximum Gasteiger partial charge on any atom is 0.244 e. The Morgan fingerprint density at radius 1 is 1.40 bits per heavy atom. The third-order valence-electron chi connectivity index (χ3n) is 3.64. The molecule has 0 bridgehead atoms. The van der Waals surface area contributed by atoms with Gasteiger partial charge in [-0.15, -0.1) is 0 Å². The van der Waals surface area contributed by atoms with E-state index in [9.17, 15) is 9.18 Å². The lowest BCUT2D eigenvalue weighted by molar-refractivity contribution is -0.126. The fraction of sp³-hybridized carbons (Fsp3) is 0.500. The van der Waals surface area contributed by atoms with Crippen LogP contribution >= 0.6 is 11.6 Å². The van der Waals surface area contributed by atoms with Gasteiger partial charge in [0.05, 0.1) is 10.6 Å². The monoisotopic (exact) mass is 299 g/mol. The Morgan fingerprint density at radius 3 is 2.65 bits per heavy atom. The highest BCUT2D eigenvalue weighted by molar-refractivity contribution is 6.30. The number of nitrogens with zero attached hydrogens (tertiary/aromatic N) is 1. The highest BCUT2D eigenvalue weighted by Gasteiger charge is 2.35. The molecule has 1 amide bonds. The number of anilines is 1. The van der Waals surface area contributed by atoms with Crippen molar-refractivity contribution in [3.8, 4) is 0 Å². The van der Waals surface area contributed by atoms with Crippen LogP contribution in [0.1, 0.15) is 13.8 Å². The van der Waals surface area contributed by atoms with Crippen LogP contribution in [0.2, 0.25) is 5.02 Å². The van der Waals surface area contributed by atoms with E-state index in [1.54, 1.807) is 6.07 Å². The SMILES string of the molecule is CC(C)(C(=O)Nc1ccc(Cl)c(F)c1)N1CCNCC1. The lowest BCUT2D eigenvalue weighted by atomic mass is 10.0. The first-order valence-electron chi connectivity index (χ1n) is 6.63. The van der Waals surface area contributed by atoms with E-state index in [-0.39, 0.29) is 10.9 Å². The van der Waals surface area contributed by atoms with Gasteiger partial charge in [-0.2, -0.15) is 0 Å². The van der Waals surface area contributed by atoms with Crippen molar-refractivity contribution in [3.05, 3.63) is 29.0 Å². The maximum absolute atomic E-state index is 13.4. The maximum atomic E-state index is 13.4. The minimum atomic E-state index is -0.641. The third kappa shape index (κ3) is 3.29. The minimum absolute atomic E-state index is 0.0457. The molecule has 110 valence electrons. The summed E-state index contributed by atoms with van der Waals surface area (Å²) < 4.78 is 13.4. The Kier molecular flexibility index (Phi) is 4.62. The van der Waals surface area contributed by atoms with Crippen LogP contribution in [0.5, 0.6) is 0 Å². The topological polar surface area (TPSA) is 44.4 Å². The number of rotatable bonds is 3. The second-order valence-electron chi connectivity index (χ2n) is 5.38. The van der Waals surface area contributed by atoms with Crippen LogP contribution in [0.3, 0.4) is 0 Å². The molecule has 1 aromatic rings. The van der Waals surface area contributed by atoms with Gasteiger partial charge in [0.1, 0.15) is 5.82 Å². The summed E-state index contributed by atoms with van der Waals surface area (Å²) in [5.41, 5.74) is -0.224. The number of carbonyl (C=O) groups is 1. The van der Waals surface area contributed by atoms with Gasteiger partial charge >= 0.3 is 0 Å². The number of halogens is 2. The van der Waals surface area contributed by atoms with Gasteiger partial charge in [0.2, 0.25) is 5.91 Å². The van der Waals surface area contributed by atoms with Crippen molar-refractivity contribution in [2.45, 2.75) is 19.4 Å². The number of carbonyl (C=O) groups excluding carboxylic acids is 1. The van der Waals surface area contributed by atoms with Gasteiger partial charge in [0, 0.05) is 31.9 Å². The van der Waals surface area contributed by atoms with E-state index in [0.29, 0.717) is 5.69 Å². The molecule has 1 saturated heterocycles. The number of nitrogens with one attached hydrogen (secondary N) is 2. The average Bonchev–Trinajstić information content (AvgIpc) is 2.44. The zero-order valence-electron chi connectivity index (χ0n) is 11.7. The normalized spacial score (nSPS) is 17.0. The van der Waals surface area contributed by atoms with Crippen LogP contribution in [0.15, 0.2) is 18.2 Å². The van der Waals surface area contributed by atoms with Gasteiger partial charge < -0.3 is 10.6 Å². The van der Waals surface area contributed by atoms with Gasteiger partial charge in [-0.05, 0) is 32.0 Å². The zero-order valence-corrected chi connectivity index (χ0v) is 12.4. The molecule has 0 aliphatic carbocycles. The van der Waals surface area contributed by atoms with E-state index in [4.69, 9.17) is 11.6 Å². The summed E-state index contributed by atoms with van der Waals surface area (Å²) in [6.07, 6.45) is 0. The van der Waals surface area contributed by atoms with Crippen molar-refractivity contribution >= 4 is 23.2 Å². The predicted octanol–water partition coefficient (Wildman–Crippen LogP) is 2.10. The van der Waals surface area contributed by atoms with Crippen LogP contribution < -0.4 is 10.6 Å². The molecule has 1 aromatic carbocycles. The quantitative estimate of drug-likeness (QED) is 0.898. The average molecular weight is 300 g/mol. The summed E-state index contributed by atoms with van der Waals surface area (Å²) in [6, 6.07) is 4.26. The van der Waals surface area contributed by atoms with Crippen molar-refractivity contribution in [1.29, 1.82) is 0 Å². The van der Waals surface area contributed by atoms with E-state index in [0.717, 1.165) is 26.2 Å². The molecule has 0 spiro atoms. The number of benzene rings is 1. The van der Waals surface area contributed by atoms with Crippen LogP contribution in [0.25, 0.3) is 0 Å². The van der Waals surface area contributed by atoms with Gasteiger partial charge in [0.25, 0.3) is 0 Å². The van der Waals surface area contributed by atoms with Crippen molar-refractivity contribution in [2.24, 2.45) is 0 Å². The van der Waals surface area contributed by atoms with Crippen molar-refractivity contribution in [2.75, 3.05) is 31.5 Å². The fourth-order valence-electron chi connectivity index (χ4n) is 2.23. The standard InChI is InChI=1S/C14H19ClFN3O/c1-14(2,19-7-5-17-6-8-19)13(20)18-10-3-4-11(15)12(16)9-10/h3-4,9,17H,5-8H2,1-2H3,(H,18,20). The molecule has 0 radical (unpaired) electrons. The molecule has 2 N–H and O–H groups in total. The first-order chi connectivity index (χ1) is 9.41. The first-order valence-corrected chi connectivity index (χ1v) is 7.01. The molecular weight excluding hydrogens is 281 g/mol. The summed E-state index contributed by atoms with van der Waals surface area (Å²) in [5, 5.41) is 6.05. The lowest BCUT2D eigenvalue weighted by Gasteiger charge is -2.39. The lowest BCUT2D eigenvalue weighted by Crippen LogP contribution is -2.58.